The third-order valence-electron chi connectivity index (χ3n) is 3.37. The van der Waals surface area contributed by atoms with E-state index in [1.54, 1.807) is 10.9 Å². The zero-order chi connectivity index (χ0) is 15.5. The second-order valence-corrected chi connectivity index (χ2v) is 7.38. The van der Waals surface area contributed by atoms with Crippen molar-refractivity contribution in [2.75, 3.05) is 13.1 Å². The van der Waals surface area contributed by atoms with Crippen molar-refractivity contribution in [1.29, 1.82) is 0 Å². The van der Waals surface area contributed by atoms with Gasteiger partial charge in [-0.3, -0.25) is 9.36 Å². The van der Waals surface area contributed by atoms with Gasteiger partial charge in [0.25, 0.3) is 5.56 Å². The molecule has 0 fully saturated rings. The third-order valence-corrected chi connectivity index (χ3v) is 3.86. The van der Waals surface area contributed by atoms with Gasteiger partial charge in [-0.2, -0.15) is 0 Å². The maximum atomic E-state index is 12.4. The molecule has 0 radical (unpaired) electrons. The molecular formula is C16H22BrN3O. The van der Waals surface area contributed by atoms with Gasteiger partial charge in [0.2, 0.25) is 0 Å². The maximum absolute atomic E-state index is 12.4. The highest BCUT2D eigenvalue weighted by Gasteiger charge is 2.09. The van der Waals surface area contributed by atoms with Gasteiger partial charge in [-0.25, -0.2) is 4.98 Å². The summed E-state index contributed by atoms with van der Waals surface area (Å²) < 4.78 is 2.56. The van der Waals surface area contributed by atoms with Crippen LogP contribution in [0.2, 0.25) is 0 Å². The highest BCUT2D eigenvalue weighted by molar-refractivity contribution is 9.10. The average Bonchev–Trinajstić information content (AvgIpc) is 2.40. The van der Waals surface area contributed by atoms with E-state index in [0.29, 0.717) is 17.3 Å². The molecule has 1 heterocycles. The summed E-state index contributed by atoms with van der Waals surface area (Å²) in [7, 11) is 0. The highest BCUT2D eigenvalue weighted by Crippen LogP contribution is 2.17. The fourth-order valence-corrected chi connectivity index (χ4v) is 2.44. The number of halogens is 1. The van der Waals surface area contributed by atoms with Gasteiger partial charge in [0.15, 0.2) is 0 Å². The number of nitrogens with zero attached hydrogens (tertiary/aromatic N) is 2. The number of hydrogen-bond donors (Lipinski definition) is 1. The van der Waals surface area contributed by atoms with Gasteiger partial charge in [0.05, 0.1) is 17.2 Å². The lowest BCUT2D eigenvalue weighted by atomic mass is 9.92. The Balaban J connectivity index is 2.00. The Labute approximate surface area is 133 Å². The second-order valence-electron chi connectivity index (χ2n) is 6.47. The first kappa shape index (κ1) is 16.2. The van der Waals surface area contributed by atoms with E-state index < -0.39 is 0 Å². The molecule has 0 saturated heterocycles. The number of nitrogens with one attached hydrogen (secondary N) is 1. The SMILES string of the molecule is CC(C)(C)CCNCCn1cnc2ccc(Br)cc2c1=O. The predicted molar refractivity (Wildman–Crippen MR) is 90.6 cm³/mol. The Morgan fingerprint density at radius 3 is 2.76 bits per heavy atom. The Morgan fingerprint density at radius 1 is 1.29 bits per heavy atom. The van der Waals surface area contributed by atoms with Crippen LogP contribution in [0.15, 0.2) is 33.8 Å². The van der Waals surface area contributed by atoms with Crippen LogP contribution >= 0.6 is 15.9 Å². The molecule has 2 rings (SSSR count). The third kappa shape index (κ3) is 4.64. The van der Waals surface area contributed by atoms with Crippen molar-refractivity contribution in [3.05, 3.63) is 39.4 Å². The number of aromatic nitrogens is 2. The normalized spacial score (nSPS) is 12.0. The Morgan fingerprint density at radius 2 is 2.05 bits per heavy atom. The van der Waals surface area contributed by atoms with Gasteiger partial charge in [-0.1, -0.05) is 36.7 Å². The summed E-state index contributed by atoms with van der Waals surface area (Å²) in [5, 5.41) is 4.03. The zero-order valence-corrected chi connectivity index (χ0v) is 14.4. The highest BCUT2D eigenvalue weighted by atomic mass is 79.9. The lowest BCUT2D eigenvalue weighted by Gasteiger charge is -2.18. The molecule has 0 atom stereocenters. The van der Waals surface area contributed by atoms with Crippen LogP contribution in [0, 0.1) is 5.41 Å². The molecule has 0 spiro atoms. The molecule has 4 nitrogen and oxygen atoms in total. The van der Waals surface area contributed by atoms with E-state index in [-0.39, 0.29) is 5.56 Å². The molecule has 0 bridgehead atoms. The van der Waals surface area contributed by atoms with Crippen LogP contribution in [0.3, 0.4) is 0 Å². The number of fused-ring (bicyclic) bond motifs is 1. The van der Waals surface area contributed by atoms with Gasteiger partial charge in [-0.15, -0.1) is 0 Å². The maximum Gasteiger partial charge on any atom is 0.261 e. The summed E-state index contributed by atoms with van der Waals surface area (Å²) in [6.07, 6.45) is 2.74. The van der Waals surface area contributed by atoms with Gasteiger partial charge < -0.3 is 5.32 Å². The fourth-order valence-electron chi connectivity index (χ4n) is 2.08. The van der Waals surface area contributed by atoms with Crippen molar-refractivity contribution < 1.29 is 0 Å². The first-order valence-corrected chi connectivity index (χ1v) is 8.01. The molecule has 0 aliphatic carbocycles. The van der Waals surface area contributed by atoms with Crippen molar-refractivity contribution in [2.24, 2.45) is 5.41 Å². The lowest BCUT2D eigenvalue weighted by Crippen LogP contribution is -2.29. The number of benzene rings is 1. The first-order valence-electron chi connectivity index (χ1n) is 7.22. The van der Waals surface area contributed by atoms with Crippen LogP contribution in [0.4, 0.5) is 0 Å². The molecule has 2 aromatic rings. The molecule has 0 unspecified atom stereocenters. The molecule has 114 valence electrons. The summed E-state index contributed by atoms with van der Waals surface area (Å²) in [5.74, 6) is 0. The van der Waals surface area contributed by atoms with Crippen molar-refractivity contribution >= 4 is 26.8 Å². The molecule has 0 amide bonds. The van der Waals surface area contributed by atoms with Gasteiger partial charge in [-0.05, 0) is 36.6 Å². The molecule has 0 aliphatic rings. The second kappa shape index (κ2) is 6.71. The van der Waals surface area contributed by atoms with Crippen molar-refractivity contribution in [1.82, 2.24) is 14.9 Å². The van der Waals surface area contributed by atoms with E-state index >= 15 is 0 Å². The lowest BCUT2D eigenvalue weighted by molar-refractivity contribution is 0.365. The Hall–Kier alpha value is -1.20. The predicted octanol–water partition coefficient (Wildman–Crippen LogP) is 3.18. The van der Waals surface area contributed by atoms with Gasteiger partial charge in [0, 0.05) is 17.6 Å². The van der Waals surface area contributed by atoms with Crippen LogP contribution in [0.1, 0.15) is 27.2 Å². The molecule has 21 heavy (non-hydrogen) atoms. The molecule has 1 N–H and O–H groups in total. The fraction of sp³-hybridized carbons (Fsp3) is 0.500. The number of rotatable bonds is 5. The van der Waals surface area contributed by atoms with Crippen LogP contribution in [0.25, 0.3) is 10.9 Å². The van der Waals surface area contributed by atoms with Crippen LogP contribution in [-0.4, -0.2) is 22.6 Å². The van der Waals surface area contributed by atoms with E-state index in [9.17, 15) is 4.79 Å². The molecular weight excluding hydrogens is 330 g/mol. The monoisotopic (exact) mass is 351 g/mol. The van der Waals surface area contributed by atoms with E-state index in [1.807, 2.05) is 18.2 Å². The minimum atomic E-state index is 0.0129. The van der Waals surface area contributed by atoms with Crippen LogP contribution < -0.4 is 10.9 Å². The molecule has 1 aromatic carbocycles. The van der Waals surface area contributed by atoms with Gasteiger partial charge in [0.1, 0.15) is 0 Å². The average molecular weight is 352 g/mol. The summed E-state index contributed by atoms with van der Waals surface area (Å²) in [6, 6.07) is 5.58. The van der Waals surface area contributed by atoms with Gasteiger partial charge >= 0.3 is 0 Å². The standard InChI is InChI=1S/C16H22BrN3O/c1-16(2,3)6-7-18-8-9-20-11-19-14-5-4-12(17)10-13(14)15(20)21/h4-5,10-11,18H,6-9H2,1-3H3. The minimum Gasteiger partial charge on any atom is -0.315 e. The zero-order valence-electron chi connectivity index (χ0n) is 12.8. The van der Waals surface area contributed by atoms with Crippen molar-refractivity contribution in [2.45, 2.75) is 33.7 Å². The summed E-state index contributed by atoms with van der Waals surface area (Å²) in [6.45, 7) is 9.05. The Kier molecular flexibility index (Phi) is 5.17. The molecule has 0 aliphatic heterocycles. The van der Waals surface area contributed by atoms with E-state index in [2.05, 4.69) is 47.0 Å². The van der Waals surface area contributed by atoms with Crippen molar-refractivity contribution in [3.8, 4) is 0 Å². The molecule has 1 aromatic heterocycles. The minimum absolute atomic E-state index is 0.0129. The quantitative estimate of drug-likeness (QED) is 0.841. The van der Waals surface area contributed by atoms with E-state index in [1.165, 1.54) is 0 Å². The Bertz CT molecular complexity index is 673. The number of hydrogen-bond acceptors (Lipinski definition) is 3. The molecule has 0 saturated carbocycles. The molecule has 5 heteroatoms. The van der Waals surface area contributed by atoms with Crippen molar-refractivity contribution in [3.63, 3.8) is 0 Å². The first-order chi connectivity index (χ1) is 9.87. The van der Waals surface area contributed by atoms with E-state index in [0.717, 1.165) is 29.5 Å². The topological polar surface area (TPSA) is 46.9 Å². The van der Waals surface area contributed by atoms with E-state index in [4.69, 9.17) is 0 Å². The summed E-state index contributed by atoms with van der Waals surface area (Å²) >= 11 is 3.39. The van der Waals surface area contributed by atoms with Crippen LogP contribution in [0.5, 0.6) is 0 Å². The smallest absolute Gasteiger partial charge is 0.261 e. The summed E-state index contributed by atoms with van der Waals surface area (Å²) in [5.41, 5.74) is 1.08. The van der Waals surface area contributed by atoms with Crippen LogP contribution in [-0.2, 0) is 6.54 Å². The summed E-state index contributed by atoms with van der Waals surface area (Å²) in [4.78, 5) is 16.7. The largest absolute Gasteiger partial charge is 0.315 e.